The van der Waals surface area contributed by atoms with E-state index in [0.717, 1.165) is 26.2 Å². The van der Waals surface area contributed by atoms with Gasteiger partial charge in [-0.2, -0.15) is 0 Å². The van der Waals surface area contributed by atoms with Crippen molar-refractivity contribution >= 4 is 12.4 Å². The molecule has 0 unspecified atom stereocenters. The summed E-state index contributed by atoms with van der Waals surface area (Å²) in [5.74, 6) is -0.0457. The Morgan fingerprint density at radius 3 is 2.52 bits per heavy atom. The monoisotopic (exact) mass is 350 g/mol. The van der Waals surface area contributed by atoms with Gasteiger partial charge in [0.05, 0.1) is 0 Å². The lowest BCUT2D eigenvalue weighted by Crippen LogP contribution is -2.59. The molecule has 0 saturated carbocycles. The molecule has 0 aliphatic carbocycles. The zero-order chi connectivity index (χ0) is 18.4. The van der Waals surface area contributed by atoms with Crippen molar-refractivity contribution in [2.45, 2.75) is 39.2 Å². The fraction of sp³-hybridized carbons (Fsp3) is 0.579. The van der Waals surface area contributed by atoms with Crippen molar-refractivity contribution in [2.24, 2.45) is 5.41 Å². The van der Waals surface area contributed by atoms with Gasteiger partial charge >= 0.3 is 0 Å². The van der Waals surface area contributed by atoms with Gasteiger partial charge in [0, 0.05) is 37.5 Å². The Morgan fingerprint density at radius 2 is 1.96 bits per heavy atom. The van der Waals surface area contributed by atoms with E-state index in [1.165, 1.54) is 12.5 Å². The molecule has 2 aliphatic heterocycles. The summed E-state index contributed by atoms with van der Waals surface area (Å²) in [5.41, 5.74) is 0.968. The van der Waals surface area contributed by atoms with Crippen molar-refractivity contribution in [3.63, 3.8) is 0 Å². The first-order chi connectivity index (χ1) is 11.9. The molecule has 0 bridgehead atoms. The molecule has 0 atom stereocenters. The number of rotatable bonds is 4. The molecule has 138 valence electrons. The number of hydrogen-bond donors (Lipinski definition) is 1. The first-order valence-corrected chi connectivity index (χ1v) is 8.74. The van der Waals surface area contributed by atoms with Crippen LogP contribution in [-0.4, -0.2) is 59.5 Å². The van der Waals surface area contributed by atoms with E-state index in [-0.39, 0.29) is 18.2 Å². The highest BCUT2D eigenvalue weighted by Crippen LogP contribution is 2.40. The molecule has 2 heterocycles. The van der Waals surface area contributed by atoms with Crippen molar-refractivity contribution in [1.82, 2.24) is 9.80 Å². The van der Waals surface area contributed by atoms with Gasteiger partial charge in [0.2, 0.25) is 5.91 Å². The standard InChI is InChI=1S/C18H25FN2O.CH2O2/c1-14(2)20-10-9-18(11-20)12-21(13-18)17(22)8-7-15-5-3-4-6-16(15)19;2-1-3/h3-6,14H,7-13H2,1-2H3;1H,(H,2,3). The van der Waals surface area contributed by atoms with Crippen molar-refractivity contribution in [2.75, 3.05) is 26.2 Å². The van der Waals surface area contributed by atoms with Crippen LogP contribution >= 0.6 is 0 Å². The Hall–Kier alpha value is -1.95. The van der Waals surface area contributed by atoms with Crippen LogP contribution in [0, 0.1) is 11.2 Å². The van der Waals surface area contributed by atoms with Gasteiger partial charge in [-0.1, -0.05) is 18.2 Å². The molecule has 3 rings (SSSR count). The Balaban J connectivity index is 0.000000701. The van der Waals surface area contributed by atoms with Crippen LogP contribution in [0.4, 0.5) is 4.39 Å². The van der Waals surface area contributed by atoms with Gasteiger partial charge in [-0.15, -0.1) is 0 Å². The summed E-state index contributed by atoms with van der Waals surface area (Å²) in [6, 6.07) is 7.31. The second-order valence-corrected chi connectivity index (χ2v) is 7.26. The van der Waals surface area contributed by atoms with E-state index in [9.17, 15) is 9.18 Å². The molecule has 1 amide bonds. The molecule has 2 fully saturated rings. The number of amides is 1. The van der Waals surface area contributed by atoms with Crippen LogP contribution < -0.4 is 0 Å². The summed E-state index contributed by atoms with van der Waals surface area (Å²) >= 11 is 0. The number of carbonyl (C=O) groups excluding carboxylic acids is 1. The van der Waals surface area contributed by atoms with E-state index < -0.39 is 0 Å². The van der Waals surface area contributed by atoms with Crippen molar-refractivity contribution in [1.29, 1.82) is 0 Å². The second-order valence-electron chi connectivity index (χ2n) is 7.26. The van der Waals surface area contributed by atoms with Crippen LogP contribution in [0.15, 0.2) is 24.3 Å². The van der Waals surface area contributed by atoms with Crippen LogP contribution in [-0.2, 0) is 16.0 Å². The Kier molecular flexibility index (Phi) is 6.53. The smallest absolute Gasteiger partial charge is 0.290 e. The minimum Gasteiger partial charge on any atom is -0.483 e. The van der Waals surface area contributed by atoms with Crippen LogP contribution in [0.25, 0.3) is 0 Å². The Morgan fingerprint density at radius 1 is 1.32 bits per heavy atom. The Labute approximate surface area is 148 Å². The number of carboxylic acid groups (broad SMARTS) is 1. The third kappa shape index (κ3) is 4.78. The number of aryl methyl sites for hydroxylation is 1. The molecule has 2 aliphatic rings. The van der Waals surface area contributed by atoms with E-state index >= 15 is 0 Å². The molecule has 0 aromatic heterocycles. The largest absolute Gasteiger partial charge is 0.483 e. The minimum atomic E-state index is -0.250. The molecule has 6 heteroatoms. The third-order valence-electron chi connectivity index (χ3n) is 5.17. The zero-order valence-electron chi connectivity index (χ0n) is 14.9. The first-order valence-electron chi connectivity index (χ1n) is 8.74. The molecule has 5 nitrogen and oxygen atoms in total. The molecular formula is C19H27FN2O3. The summed E-state index contributed by atoms with van der Waals surface area (Å²) in [5, 5.41) is 6.89. The fourth-order valence-corrected chi connectivity index (χ4v) is 3.71. The zero-order valence-corrected chi connectivity index (χ0v) is 14.9. The van der Waals surface area contributed by atoms with Crippen LogP contribution in [0.1, 0.15) is 32.3 Å². The van der Waals surface area contributed by atoms with Crippen LogP contribution in [0.2, 0.25) is 0 Å². The maximum absolute atomic E-state index is 13.6. The summed E-state index contributed by atoms with van der Waals surface area (Å²) in [6.45, 7) is 8.24. The molecule has 2 saturated heterocycles. The van der Waals surface area contributed by atoms with Crippen LogP contribution in [0.5, 0.6) is 0 Å². The fourth-order valence-electron chi connectivity index (χ4n) is 3.71. The summed E-state index contributed by atoms with van der Waals surface area (Å²) in [4.78, 5) is 25.1. The van der Waals surface area contributed by atoms with Gasteiger partial charge in [0.15, 0.2) is 0 Å². The van der Waals surface area contributed by atoms with Crippen molar-refractivity contribution < 1.29 is 19.1 Å². The predicted octanol–water partition coefficient (Wildman–Crippen LogP) is 2.40. The number of hydrogen-bond acceptors (Lipinski definition) is 3. The molecule has 0 radical (unpaired) electrons. The summed E-state index contributed by atoms with van der Waals surface area (Å²) in [6.07, 6.45) is 2.10. The summed E-state index contributed by atoms with van der Waals surface area (Å²) in [7, 11) is 0. The number of benzene rings is 1. The normalized spacial score (nSPS) is 18.6. The third-order valence-corrected chi connectivity index (χ3v) is 5.17. The Bertz CT molecular complexity index is 600. The molecule has 1 aromatic rings. The number of carbonyl (C=O) groups is 2. The van der Waals surface area contributed by atoms with Crippen molar-refractivity contribution in [3.8, 4) is 0 Å². The highest BCUT2D eigenvalue weighted by atomic mass is 19.1. The van der Waals surface area contributed by atoms with Gasteiger partial charge in [0.1, 0.15) is 5.82 Å². The minimum absolute atomic E-state index is 0.164. The average Bonchev–Trinajstić information content (AvgIpc) is 2.99. The number of nitrogens with zero attached hydrogens (tertiary/aromatic N) is 2. The first kappa shape index (κ1) is 19.4. The topological polar surface area (TPSA) is 60.9 Å². The molecule has 1 spiro atoms. The van der Waals surface area contributed by atoms with E-state index in [2.05, 4.69) is 18.7 Å². The molecular weight excluding hydrogens is 323 g/mol. The van der Waals surface area contributed by atoms with Crippen molar-refractivity contribution in [3.05, 3.63) is 35.6 Å². The van der Waals surface area contributed by atoms with Crippen LogP contribution in [0.3, 0.4) is 0 Å². The van der Waals surface area contributed by atoms with Gasteiger partial charge in [-0.3, -0.25) is 9.59 Å². The van der Waals surface area contributed by atoms with E-state index in [4.69, 9.17) is 9.90 Å². The number of likely N-dealkylation sites (tertiary alicyclic amines) is 2. The highest BCUT2D eigenvalue weighted by molar-refractivity contribution is 5.77. The lowest BCUT2D eigenvalue weighted by molar-refractivity contribution is -0.142. The van der Waals surface area contributed by atoms with E-state index in [1.54, 1.807) is 12.1 Å². The maximum Gasteiger partial charge on any atom is 0.290 e. The van der Waals surface area contributed by atoms with Gasteiger partial charge in [-0.05, 0) is 44.9 Å². The quantitative estimate of drug-likeness (QED) is 0.847. The molecule has 1 N–H and O–H groups in total. The van der Waals surface area contributed by atoms with Gasteiger partial charge in [-0.25, -0.2) is 4.39 Å². The SMILES string of the molecule is CC(C)N1CCC2(CN(C(=O)CCc3ccccc3F)C2)C1.O=CO. The van der Waals surface area contributed by atoms with Gasteiger partial charge in [0.25, 0.3) is 6.47 Å². The van der Waals surface area contributed by atoms with E-state index in [1.807, 2.05) is 11.0 Å². The average molecular weight is 350 g/mol. The maximum atomic E-state index is 13.6. The number of halogens is 1. The lowest BCUT2D eigenvalue weighted by Gasteiger charge is -2.48. The predicted molar refractivity (Wildman–Crippen MR) is 93.8 cm³/mol. The van der Waals surface area contributed by atoms with Gasteiger partial charge < -0.3 is 14.9 Å². The molecule has 25 heavy (non-hydrogen) atoms. The summed E-state index contributed by atoms with van der Waals surface area (Å²) < 4.78 is 13.6. The lowest BCUT2D eigenvalue weighted by atomic mass is 9.79. The van der Waals surface area contributed by atoms with E-state index in [0.29, 0.717) is 29.9 Å². The highest BCUT2D eigenvalue weighted by Gasteiger charge is 2.49. The molecule has 1 aromatic carbocycles. The second kappa shape index (κ2) is 8.43.